The summed E-state index contributed by atoms with van der Waals surface area (Å²) in [5.41, 5.74) is 15.6. The van der Waals surface area contributed by atoms with E-state index >= 15 is 0 Å². The lowest BCUT2D eigenvalue weighted by Crippen LogP contribution is -2.37. The minimum Gasteiger partial charge on any atom is -0.744 e. The van der Waals surface area contributed by atoms with Gasteiger partial charge < -0.3 is 36.1 Å². The molecule has 0 spiro atoms. The zero-order valence-corrected chi connectivity index (χ0v) is 42.1. The van der Waals surface area contributed by atoms with Gasteiger partial charge in [0.05, 0.1) is 36.2 Å². The van der Waals surface area contributed by atoms with E-state index in [1.807, 2.05) is 27.7 Å². The highest BCUT2D eigenvalue weighted by atomic mass is 32.2. The Morgan fingerprint density at radius 1 is 0.704 bits per heavy atom. The first kappa shape index (κ1) is 54.9. The number of carboxylic acid groups (broad SMARTS) is 1. The molecular weight excluding hydrogens is 1030 g/mol. The Balaban J connectivity index is 0.000000271. The maximum absolute atomic E-state index is 10.9. The topological polar surface area (TPSA) is 403 Å². The molecule has 1 saturated heterocycles. The number of nitrogens with zero attached hydrogens (tertiary/aromatic N) is 4. The van der Waals surface area contributed by atoms with Gasteiger partial charge in [-0.15, -0.1) is 0 Å². The van der Waals surface area contributed by atoms with Crippen molar-refractivity contribution in [1.29, 1.82) is 0 Å². The third-order valence-corrected chi connectivity index (χ3v) is 14.5. The molecule has 0 radical (unpaired) electrons. The molecule has 6 aromatic rings. The van der Waals surface area contributed by atoms with E-state index in [0.717, 1.165) is 22.3 Å². The van der Waals surface area contributed by atoms with Gasteiger partial charge in [0.25, 0.3) is 30.4 Å². The molecule has 4 aromatic carbocycles. The molecule has 71 heavy (non-hydrogen) atoms. The number of aryl methyl sites for hydroxylation is 4. The number of nitrogens with two attached hydrogens (primary N) is 2. The second-order valence-corrected chi connectivity index (χ2v) is 22.7. The molecule has 0 aliphatic carbocycles. The average molecular weight is 1090 g/mol. The monoisotopic (exact) mass is 1090 g/mol. The van der Waals surface area contributed by atoms with E-state index in [-0.39, 0.29) is 43.3 Å². The molecule has 1 aliphatic heterocycles. The van der Waals surface area contributed by atoms with Crippen molar-refractivity contribution in [2.75, 3.05) is 23.4 Å². The van der Waals surface area contributed by atoms with Crippen molar-refractivity contribution >= 4 is 74.3 Å². The largest absolute Gasteiger partial charge is 0.744 e. The molecule has 7 rings (SSSR count). The minimum atomic E-state index is -4.27. The molecule has 1 fully saturated rings. The highest BCUT2D eigenvalue weighted by Gasteiger charge is 2.46. The standard InChI is InChI=1S/C15H22N6O5S.4C7H8O3S/c1-27(3-2-7(16)15(24)25)4-8-10(22)11(23)14(26-8)21-6-20-9-12(17)18-5-19-13(9)21;4*1-6-2-4-7(5-3-6)11(8,9)10/h5-8,10-11,14,22-23H,2-4,16H2,1H3,(H2-,17,18,19,24,25);4*2-5H,1H3,(H,8,9,10)/t7-,8+,10+,11+,14+,27?;;;;/m0..../s1/i1D3;;;;. The number of benzene rings is 4. The van der Waals surface area contributed by atoms with E-state index in [2.05, 4.69) is 15.0 Å². The maximum atomic E-state index is 10.9. The number of ether oxygens (including phenoxy) is 1. The summed E-state index contributed by atoms with van der Waals surface area (Å²) in [6.45, 7) is 7.34. The van der Waals surface area contributed by atoms with Crippen molar-refractivity contribution in [3.8, 4) is 0 Å². The molecule has 10 N–H and O–H groups in total. The van der Waals surface area contributed by atoms with E-state index in [1.54, 1.807) is 48.5 Å². The highest BCUT2D eigenvalue weighted by molar-refractivity contribution is 7.96. The van der Waals surface area contributed by atoms with E-state index in [9.17, 15) is 53.2 Å². The molecule has 1 unspecified atom stereocenters. The van der Waals surface area contributed by atoms with E-state index < -0.39 is 94.1 Å². The lowest BCUT2D eigenvalue weighted by atomic mass is 10.1. The SMILES string of the molecule is Cc1ccc(S(=O)(=O)O)cc1.Cc1ccc(S(=O)(=O)O)cc1.Cc1ccc(S(=O)(=O)O)cc1.Cc1ccc(S(=O)(=O)[O-])cc1.[2H]C([2H])([2H])[S+](CC[C@H](N)C(=O)O)C[C@H]1O[C@@H](n2cnc3c(N)ncnc32)[C@H](O)[C@@H]1O. The smallest absolute Gasteiger partial charge is 0.320 e. The Bertz CT molecular complexity index is 2970. The zero-order valence-electron chi connectivity index (χ0n) is 41.1. The third-order valence-electron chi connectivity index (χ3n) is 9.62. The quantitative estimate of drug-likeness (QED) is 0.0683. The summed E-state index contributed by atoms with van der Waals surface area (Å²) >= 11 is 0. The minimum absolute atomic E-state index is 0.0229. The summed E-state index contributed by atoms with van der Waals surface area (Å²) in [6.07, 6.45) is -4.65. The lowest BCUT2D eigenvalue weighted by Gasteiger charge is -2.16. The van der Waals surface area contributed by atoms with Crippen molar-refractivity contribution in [2.45, 2.75) is 84.3 Å². The van der Waals surface area contributed by atoms with Crippen LogP contribution in [0.3, 0.4) is 0 Å². The Hall–Kier alpha value is -5.47. The number of carboxylic acids is 1. The van der Waals surface area contributed by atoms with E-state index in [4.69, 9.17) is 39.1 Å². The van der Waals surface area contributed by atoms with Crippen LogP contribution in [0.1, 0.15) is 39.0 Å². The van der Waals surface area contributed by atoms with Crippen molar-refractivity contribution in [3.05, 3.63) is 132 Å². The van der Waals surface area contributed by atoms with E-state index in [1.165, 1.54) is 65.8 Å². The number of imidazole rings is 1. The van der Waals surface area contributed by atoms with Gasteiger partial charge in [0.15, 0.2) is 17.7 Å². The molecule has 2 aromatic heterocycles. The summed E-state index contributed by atoms with van der Waals surface area (Å²) in [5.74, 6) is -1.15. The summed E-state index contributed by atoms with van der Waals surface area (Å²) in [7, 11) is -17.6. The van der Waals surface area contributed by atoms with Gasteiger partial charge in [-0.05, 0) is 87.1 Å². The number of anilines is 1. The number of fused-ring (bicyclic) bond motifs is 1. The first-order valence-electron chi connectivity index (χ1n) is 21.8. The second kappa shape index (κ2) is 25.8. The fraction of sp³-hybridized carbons (Fsp3) is 0.302. The van der Waals surface area contributed by atoms with Crippen LogP contribution in [0, 0.1) is 27.7 Å². The van der Waals surface area contributed by atoms with Crippen molar-refractivity contribution in [3.63, 3.8) is 0 Å². The molecule has 6 atom stereocenters. The predicted molar refractivity (Wildman–Crippen MR) is 261 cm³/mol. The van der Waals surface area contributed by atoms with Crippen molar-refractivity contribution in [2.24, 2.45) is 5.73 Å². The molecule has 388 valence electrons. The van der Waals surface area contributed by atoms with Gasteiger partial charge in [0.2, 0.25) is 0 Å². The second-order valence-electron chi connectivity index (χ2n) is 15.4. The van der Waals surface area contributed by atoms with Crippen LogP contribution >= 0.6 is 0 Å². The summed E-state index contributed by atoms with van der Waals surface area (Å²) < 4.78 is 150. The number of aliphatic hydroxyl groups is 2. The summed E-state index contributed by atoms with van der Waals surface area (Å²) in [5, 5.41) is 29.9. The van der Waals surface area contributed by atoms with Gasteiger partial charge >= 0.3 is 5.97 Å². The molecule has 3 heterocycles. The number of hydrogen-bond acceptors (Lipinski definition) is 18. The fourth-order valence-electron chi connectivity index (χ4n) is 5.66. The number of carbonyl (C=O) groups is 1. The third kappa shape index (κ3) is 19.2. The van der Waals surface area contributed by atoms with Crippen LogP contribution in [0.25, 0.3) is 11.2 Å². The van der Waals surface area contributed by atoms with Crippen LogP contribution in [-0.2, 0) is 60.9 Å². The van der Waals surface area contributed by atoms with E-state index in [0.29, 0.717) is 11.2 Å². The zero-order chi connectivity index (χ0) is 56.1. The number of nitrogen functional groups attached to an aromatic ring is 1. The van der Waals surface area contributed by atoms with Gasteiger partial charge in [0, 0.05) is 6.42 Å². The number of hydrogen-bond donors (Lipinski definition) is 8. The molecular formula is C43H54N6O17S5. The molecule has 0 saturated carbocycles. The van der Waals surface area contributed by atoms with Crippen molar-refractivity contribution in [1.82, 2.24) is 19.5 Å². The molecule has 0 bridgehead atoms. The molecule has 23 nitrogen and oxygen atoms in total. The first-order valence-corrected chi connectivity index (χ1v) is 27.6. The van der Waals surface area contributed by atoms with Crippen LogP contribution in [0.2, 0.25) is 0 Å². The molecule has 1 aliphatic rings. The van der Waals surface area contributed by atoms with Gasteiger partial charge in [-0.2, -0.15) is 25.3 Å². The highest BCUT2D eigenvalue weighted by Crippen LogP contribution is 2.33. The number of aromatic nitrogens is 4. The Labute approximate surface area is 418 Å². The molecule has 28 heteroatoms. The van der Waals surface area contributed by atoms with Crippen LogP contribution in [0.5, 0.6) is 0 Å². The predicted octanol–water partition coefficient (Wildman–Crippen LogP) is 2.70. The first-order chi connectivity index (χ1) is 34.0. The Kier molecular flexibility index (Phi) is 19.9. The van der Waals surface area contributed by atoms with Gasteiger partial charge in [-0.25, -0.2) is 23.4 Å². The molecule has 0 amide bonds. The summed E-state index contributed by atoms with van der Waals surface area (Å²) in [4.78, 5) is 22.5. The van der Waals surface area contributed by atoms with Crippen LogP contribution in [0.4, 0.5) is 5.82 Å². The summed E-state index contributed by atoms with van der Waals surface area (Å²) in [6, 6.07) is 22.6. The lowest BCUT2D eigenvalue weighted by molar-refractivity contribution is -0.138. The normalized spacial score (nSPS) is 18.4. The fourth-order valence-corrected chi connectivity index (χ4v) is 8.95. The number of aliphatic carboxylic acids is 1. The number of aliphatic hydroxyl groups excluding tert-OH is 2. The van der Waals surface area contributed by atoms with Crippen LogP contribution in [0.15, 0.2) is 129 Å². The van der Waals surface area contributed by atoms with Crippen molar-refractivity contribution < 1.29 is 80.8 Å². The Morgan fingerprint density at radius 2 is 1.10 bits per heavy atom. The van der Waals surface area contributed by atoms with Gasteiger partial charge in [-0.1, -0.05) is 70.8 Å². The number of rotatable bonds is 11. The van der Waals surface area contributed by atoms with Crippen LogP contribution in [-0.4, -0.2) is 135 Å². The Morgan fingerprint density at radius 3 is 1.45 bits per heavy atom. The maximum Gasteiger partial charge on any atom is 0.320 e. The van der Waals surface area contributed by atoms with Crippen LogP contribution < -0.4 is 11.5 Å². The average Bonchev–Trinajstić information content (AvgIpc) is 3.84. The van der Waals surface area contributed by atoms with Gasteiger partial charge in [-0.3, -0.25) is 23.0 Å². The van der Waals surface area contributed by atoms with Gasteiger partial charge in [0.1, 0.15) is 57.8 Å².